The maximum atomic E-state index is 3.90. The zero-order valence-electron chi connectivity index (χ0n) is 6.69. The third kappa shape index (κ3) is 5.84. The highest BCUT2D eigenvalue weighted by molar-refractivity contribution is 4.52. The largest absolute Gasteiger partial charge is 0.302 e. The third-order valence-corrected chi connectivity index (χ3v) is 1.37. The molecule has 0 aromatic rings. The van der Waals surface area contributed by atoms with Crippen LogP contribution < -0.4 is 0 Å². The Morgan fingerprint density at radius 3 is 2.22 bits per heavy atom. The van der Waals surface area contributed by atoms with E-state index in [2.05, 4.69) is 25.8 Å². The molecule has 0 aromatic heterocycles. The molecule has 0 aliphatic heterocycles. The van der Waals surface area contributed by atoms with Crippen molar-refractivity contribution in [2.75, 3.05) is 13.1 Å². The van der Waals surface area contributed by atoms with Crippen LogP contribution in [0.15, 0.2) is 0 Å². The molecule has 9 heavy (non-hydrogen) atoms. The summed E-state index contributed by atoms with van der Waals surface area (Å²) in [4.78, 5) is 2.14. The van der Waals surface area contributed by atoms with Gasteiger partial charge >= 0.3 is 0 Å². The van der Waals surface area contributed by atoms with Crippen LogP contribution in [-0.4, -0.2) is 18.0 Å². The number of hydrogen-bond acceptors (Lipinski definition) is 1. The summed E-state index contributed by atoms with van der Waals surface area (Å²) in [6.07, 6.45) is 3.77. The fourth-order valence-corrected chi connectivity index (χ4v) is 0.810. The first-order valence-electron chi connectivity index (χ1n) is 3.86. The highest BCUT2D eigenvalue weighted by Crippen LogP contribution is 1.93. The Labute approximate surface area is 59.1 Å². The van der Waals surface area contributed by atoms with Gasteiger partial charge in [0.25, 0.3) is 0 Å². The summed E-state index contributed by atoms with van der Waals surface area (Å²) >= 11 is 0. The Morgan fingerprint density at radius 2 is 1.78 bits per heavy atom. The fourth-order valence-electron chi connectivity index (χ4n) is 0.810. The molecular weight excluding hydrogens is 110 g/mol. The Balaban J connectivity index is 2.95. The summed E-state index contributed by atoms with van der Waals surface area (Å²) < 4.78 is 0. The van der Waals surface area contributed by atoms with E-state index in [4.69, 9.17) is 0 Å². The first-order chi connectivity index (χ1) is 4.31. The van der Waals surface area contributed by atoms with Crippen LogP contribution in [0, 0.1) is 7.05 Å². The van der Waals surface area contributed by atoms with E-state index in [1.807, 2.05) is 0 Å². The Morgan fingerprint density at radius 1 is 1.11 bits per heavy atom. The molecule has 0 aliphatic rings. The van der Waals surface area contributed by atoms with E-state index in [9.17, 15) is 0 Å². The SMILES string of the molecule is [CH2]N(CCC)CCCC. The minimum absolute atomic E-state index is 1.14. The van der Waals surface area contributed by atoms with Crippen LogP contribution in [0.4, 0.5) is 0 Å². The smallest absolute Gasteiger partial charge is 0.0109 e. The van der Waals surface area contributed by atoms with Gasteiger partial charge in [0, 0.05) is 7.05 Å². The zero-order valence-corrected chi connectivity index (χ0v) is 6.69. The standard InChI is InChI=1S/C8H18N/c1-4-6-8-9(3)7-5-2/h3-8H2,1-2H3. The van der Waals surface area contributed by atoms with E-state index in [0.717, 1.165) is 13.1 Å². The van der Waals surface area contributed by atoms with Gasteiger partial charge in [-0.05, 0) is 25.9 Å². The maximum absolute atomic E-state index is 3.90. The molecule has 0 saturated carbocycles. The maximum Gasteiger partial charge on any atom is 0.0109 e. The van der Waals surface area contributed by atoms with Gasteiger partial charge in [-0.3, -0.25) is 0 Å². The van der Waals surface area contributed by atoms with Crippen LogP contribution in [-0.2, 0) is 0 Å². The lowest BCUT2D eigenvalue weighted by Gasteiger charge is -2.13. The molecule has 0 atom stereocenters. The predicted octanol–water partition coefficient (Wildman–Crippen LogP) is 2.29. The minimum atomic E-state index is 1.14. The fraction of sp³-hybridized carbons (Fsp3) is 0.875. The van der Waals surface area contributed by atoms with Gasteiger partial charge in [-0.15, -0.1) is 0 Å². The average Bonchev–Trinajstić information content (AvgIpc) is 1.85. The quantitative estimate of drug-likeness (QED) is 0.549. The van der Waals surface area contributed by atoms with Crippen LogP contribution >= 0.6 is 0 Å². The first-order valence-corrected chi connectivity index (χ1v) is 3.86. The van der Waals surface area contributed by atoms with E-state index in [1.165, 1.54) is 19.3 Å². The predicted molar refractivity (Wildman–Crippen MR) is 42.1 cm³/mol. The van der Waals surface area contributed by atoms with E-state index in [0.29, 0.717) is 0 Å². The second-order valence-electron chi connectivity index (χ2n) is 2.47. The van der Waals surface area contributed by atoms with Crippen molar-refractivity contribution in [3.63, 3.8) is 0 Å². The van der Waals surface area contributed by atoms with Gasteiger partial charge in [0.2, 0.25) is 0 Å². The molecule has 0 fully saturated rings. The van der Waals surface area contributed by atoms with Gasteiger partial charge in [0.15, 0.2) is 0 Å². The highest BCUT2D eigenvalue weighted by Gasteiger charge is 1.92. The van der Waals surface area contributed by atoms with Crippen molar-refractivity contribution >= 4 is 0 Å². The molecule has 1 radical (unpaired) electrons. The molecule has 1 nitrogen and oxygen atoms in total. The molecule has 1 heteroatoms. The van der Waals surface area contributed by atoms with E-state index in [-0.39, 0.29) is 0 Å². The van der Waals surface area contributed by atoms with Gasteiger partial charge in [-0.2, -0.15) is 0 Å². The van der Waals surface area contributed by atoms with Crippen LogP contribution in [0.3, 0.4) is 0 Å². The summed E-state index contributed by atoms with van der Waals surface area (Å²) in [5, 5.41) is 0. The zero-order chi connectivity index (χ0) is 7.11. The van der Waals surface area contributed by atoms with Crippen molar-refractivity contribution in [3.8, 4) is 0 Å². The van der Waals surface area contributed by atoms with Crippen LogP contribution in [0.1, 0.15) is 33.1 Å². The molecule has 0 rings (SSSR count). The highest BCUT2D eigenvalue weighted by atomic mass is 15.1. The Bertz CT molecular complexity index is 52.5. The lowest BCUT2D eigenvalue weighted by molar-refractivity contribution is 0.362. The molecule has 0 aromatic carbocycles. The lowest BCUT2D eigenvalue weighted by atomic mass is 10.3. The van der Waals surface area contributed by atoms with Crippen LogP contribution in [0.5, 0.6) is 0 Å². The number of hydrogen-bond donors (Lipinski definition) is 0. The number of rotatable bonds is 5. The lowest BCUT2D eigenvalue weighted by Crippen LogP contribution is -2.17. The van der Waals surface area contributed by atoms with Gasteiger partial charge in [-0.25, -0.2) is 0 Å². The van der Waals surface area contributed by atoms with Crippen LogP contribution in [0.2, 0.25) is 0 Å². The molecule has 0 bridgehead atoms. The third-order valence-electron chi connectivity index (χ3n) is 1.37. The van der Waals surface area contributed by atoms with Crippen molar-refractivity contribution in [2.45, 2.75) is 33.1 Å². The number of unbranched alkanes of at least 4 members (excludes halogenated alkanes) is 1. The van der Waals surface area contributed by atoms with Crippen molar-refractivity contribution < 1.29 is 0 Å². The van der Waals surface area contributed by atoms with Gasteiger partial charge in [0.1, 0.15) is 0 Å². The summed E-state index contributed by atoms with van der Waals surface area (Å²) in [6, 6.07) is 0. The summed E-state index contributed by atoms with van der Waals surface area (Å²) in [5.41, 5.74) is 0. The molecular formula is C8H18N. The van der Waals surface area contributed by atoms with Crippen molar-refractivity contribution in [3.05, 3.63) is 7.05 Å². The van der Waals surface area contributed by atoms with Crippen molar-refractivity contribution in [1.82, 2.24) is 4.90 Å². The van der Waals surface area contributed by atoms with Gasteiger partial charge in [0.05, 0.1) is 0 Å². The summed E-state index contributed by atoms with van der Waals surface area (Å²) in [6.45, 7) is 6.69. The molecule has 0 N–H and O–H groups in total. The van der Waals surface area contributed by atoms with Crippen molar-refractivity contribution in [1.29, 1.82) is 0 Å². The second kappa shape index (κ2) is 6.09. The molecule has 0 aliphatic carbocycles. The first kappa shape index (κ1) is 8.96. The van der Waals surface area contributed by atoms with Gasteiger partial charge < -0.3 is 4.90 Å². The van der Waals surface area contributed by atoms with Gasteiger partial charge in [-0.1, -0.05) is 20.3 Å². The molecule has 0 heterocycles. The summed E-state index contributed by atoms with van der Waals surface area (Å²) in [7, 11) is 3.90. The topological polar surface area (TPSA) is 3.24 Å². The Kier molecular flexibility index (Phi) is 6.06. The van der Waals surface area contributed by atoms with E-state index >= 15 is 0 Å². The molecule has 55 valence electrons. The molecule has 0 saturated heterocycles. The van der Waals surface area contributed by atoms with Crippen molar-refractivity contribution in [2.24, 2.45) is 0 Å². The summed E-state index contributed by atoms with van der Waals surface area (Å²) in [5.74, 6) is 0. The van der Waals surface area contributed by atoms with Crippen LogP contribution in [0.25, 0.3) is 0 Å². The molecule has 0 amide bonds. The monoisotopic (exact) mass is 128 g/mol. The Hall–Kier alpha value is -0.0400. The minimum Gasteiger partial charge on any atom is -0.302 e. The normalized spacial score (nSPS) is 10.7. The molecule has 0 spiro atoms. The van der Waals surface area contributed by atoms with E-state index < -0.39 is 0 Å². The molecule has 0 unspecified atom stereocenters. The van der Waals surface area contributed by atoms with E-state index in [1.54, 1.807) is 0 Å². The average molecular weight is 128 g/mol. The number of nitrogens with zero attached hydrogens (tertiary/aromatic N) is 1. The second-order valence-corrected chi connectivity index (χ2v) is 2.47.